The molecule has 1 rings (SSSR count). The maximum absolute atomic E-state index is 12.1. The Hall–Kier alpha value is -0.620. The second-order valence-electron chi connectivity index (χ2n) is 4.89. The molecule has 0 radical (unpaired) electrons. The molecule has 4 nitrogen and oxygen atoms in total. The molecule has 0 N–H and O–H groups in total. The van der Waals surface area contributed by atoms with Crippen LogP contribution >= 0.6 is 27.3 Å². The van der Waals surface area contributed by atoms with E-state index in [9.17, 15) is 4.79 Å². The molecule has 96 valence electrons. The second-order valence-corrected chi connectivity index (χ2v) is 7.28. The molecule has 0 bridgehead atoms. The van der Waals surface area contributed by atoms with Crippen LogP contribution in [0.4, 0.5) is 9.93 Å². The van der Waals surface area contributed by atoms with Crippen LogP contribution in [0.2, 0.25) is 0 Å². The van der Waals surface area contributed by atoms with Crippen LogP contribution in [0.5, 0.6) is 0 Å². The number of carbonyl (C=O) groups is 1. The summed E-state index contributed by atoms with van der Waals surface area (Å²) in [7, 11) is 0. The standard InChI is InChI=1S/C11H17BrN2O2S/c1-7(2)14(9-13-6-8(12)17-9)10(15)16-11(3,4)5/h6-7H,1-5H3. The van der Waals surface area contributed by atoms with E-state index in [1.54, 1.807) is 11.1 Å². The predicted octanol–water partition coefficient (Wildman–Crippen LogP) is 4.06. The lowest BCUT2D eigenvalue weighted by Crippen LogP contribution is -2.41. The van der Waals surface area contributed by atoms with E-state index >= 15 is 0 Å². The van der Waals surface area contributed by atoms with Gasteiger partial charge in [0.15, 0.2) is 5.13 Å². The van der Waals surface area contributed by atoms with Crippen LogP contribution in [0.15, 0.2) is 9.98 Å². The minimum absolute atomic E-state index is 0.00269. The quantitative estimate of drug-likeness (QED) is 0.825. The Morgan fingerprint density at radius 2 is 2.12 bits per heavy atom. The van der Waals surface area contributed by atoms with Gasteiger partial charge in [-0.15, -0.1) is 0 Å². The Kier molecular flexibility index (Phi) is 4.55. The van der Waals surface area contributed by atoms with Crippen molar-refractivity contribution in [3.05, 3.63) is 9.98 Å². The third kappa shape index (κ3) is 4.27. The molecule has 6 heteroatoms. The number of nitrogens with zero attached hydrogens (tertiary/aromatic N) is 2. The summed E-state index contributed by atoms with van der Waals surface area (Å²) in [6.07, 6.45) is 1.31. The first-order valence-corrected chi connectivity index (χ1v) is 6.95. The summed E-state index contributed by atoms with van der Waals surface area (Å²) < 4.78 is 6.25. The zero-order valence-corrected chi connectivity index (χ0v) is 13.1. The van der Waals surface area contributed by atoms with Gasteiger partial charge in [0.25, 0.3) is 0 Å². The van der Waals surface area contributed by atoms with Crippen molar-refractivity contribution < 1.29 is 9.53 Å². The lowest BCUT2D eigenvalue weighted by molar-refractivity contribution is 0.0570. The Bertz CT molecular complexity index is 398. The van der Waals surface area contributed by atoms with Crippen molar-refractivity contribution in [3.8, 4) is 0 Å². The number of carbonyl (C=O) groups excluding carboxylic acids is 1. The summed E-state index contributed by atoms with van der Waals surface area (Å²) in [5.74, 6) is 0. The van der Waals surface area contributed by atoms with Crippen molar-refractivity contribution in [3.63, 3.8) is 0 Å². The van der Waals surface area contributed by atoms with E-state index in [0.717, 1.165) is 3.79 Å². The minimum atomic E-state index is -0.501. The number of thiazole rings is 1. The number of hydrogen-bond donors (Lipinski definition) is 0. The van der Waals surface area contributed by atoms with Gasteiger partial charge in [-0.05, 0) is 50.5 Å². The molecular formula is C11H17BrN2O2S. The lowest BCUT2D eigenvalue weighted by atomic mass is 10.2. The fourth-order valence-corrected chi connectivity index (χ4v) is 2.48. The van der Waals surface area contributed by atoms with Gasteiger partial charge in [-0.3, -0.25) is 4.90 Å². The van der Waals surface area contributed by atoms with Crippen molar-refractivity contribution in [2.24, 2.45) is 0 Å². The zero-order chi connectivity index (χ0) is 13.2. The molecule has 0 aliphatic rings. The molecule has 0 aromatic carbocycles. The average Bonchev–Trinajstić information content (AvgIpc) is 2.47. The fraction of sp³-hybridized carbons (Fsp3) is 0.636. The van der Waals surface area contributed by atoms with Gasteiger partial charge in [0.1, 0.15) is 5.60 Å². The van der Waals surface area contributed by atoms with Crippen molar-refractivity contribution in [2.45, 2.75) is 46.3 Å². The first-order valence-electron chi connectivity index (χ1n) is 5.34. The van der Waals surface area contributed by atoms with Crippen LogP contribution in [-0.2, 0) is 4.74 Å². The zero-order valence-electron chi connectivity index (χ0n) is 10.7. The number of rotatable bonds is 2. The monoisotopic (exact) mass is 320 g/mol. The molecule has 0 atom stereocenters. The van der Waals surface area contributed by atoms with Crippen molar-refractivity contribution in [1.29, 1.82) is 0 Å². The summed E-state index contributed by atoms with van der Waals surface area (Å²) in [4.78, 5) is 17.8. The van der Waals surface area contributed by atoms with Gasteiger partial charge in [-0.2, -0.15) is 0 Å². The van der Waals surface area contributed by atoms with Crippen molar-refractivity contribution in [2.75, 3.05) is 4.90 Å². The Labute approximate surface area is 114 Å². The molecule has 0 saturated heterocycles. The normalized spacial score (nSPS) is 11.7. The van der Waals surface area contributed by atoms with Crippen LogP contribution in [0.1, 0.15) is 34.6 Å². The van der Waals surface area contributed by atoms with E-state index in [1.807, 2.05) is 34.6 Å². The molecule has 1 amide bonds. The van der Waals surface area contributed by atoms with Gasteiger partial charge >= 0.3 is 6.09 Å². The second kappa shape index (κ2) is 5.35. The molecule has 0 aliphatic heterocycles. The van der Waals surface area contributed by atoms with Gasteiger partial charge < -0.3 is 4.74 Å². The van der Waals surface area contributed by atoms with Crippen LogP contribution in [0.25, 0.3) is 0 Å². The lowest BCUT2D eigenvalue weighted by Gasteiger charge is -2.28. The molecule has 1 aromatic heterocycles. The maximum atomic E-state index is 12.1. The molecule has 0 spiro atoms. The van der Waals surface area contributed by atoms with E-state index in [4.69, 9.17) is 4.74 Å². The van der Waals surface area contributed by atoms with Gasteiger partial charge in [0.05, 0.1) is 9.98 Å². The minimum Gasteiger partial charge on any atom is -0.443 e. The predicted molar refractivity (Wildman–Crippen MR) is 73.7 cm³/mol. The fourth-order valence-electron chi connectivity index (χ4n) is 1.18. The van der Waals surface area contributed by atoms with E-state index < -0.39 is 5.60 Å². The van der Waals surface area contributed by atoms with Crippen LogP contribution in [0.3, 0.4) is 0 Å². The molecule has 1 heterocycles. The van der Waals surface area contributed by atoms with Crippen molar-refractivity contribution in [1.82, 2.24) is 4.98 Å². The third-order valence-electron chi connectivity index (χ3n) is 1.78. The Balaban J connectivity index is 2.91. The molecule has 1 aromatic rings. The van der Waals surface area contributed by atoms with E-state index in [1.165, 1.54) is 11.3 Å². The Morgan fingerprint density at radius 3 is 2.47 bits per heavy atom. The first-order chi connectivity index (χ1) is 7.70. The molecule has 0 unspecified atom stereocenters. The highest BCUT2D eigenvalue weighted by molar-refractivity contribution is 9.11. The molecule has 0 fully saturated rings. The highest BCUT2D eigenvalue weighted by atomic mass is 79.9. The molecule has 0 saturated carbocycles. The number of aromatic nitrogens is 1. The molecular weight excluding hydrogens is 304 g/mol. The number of halogens is 1. The molecule has 0 aliphatic carbocycles. The van der Waals surface area contributed by atoms with Gasteiger partial charge in [-0.25, -0.2) is 9.78 Å². The van der Waals surface area contributed by atoms with Crippen LogP contribution < -0.4 is 4.90 Å². The van der Waals surface area contributed by atoms with E-state index in [-0.39, 0.29) is 12.1 Å². The summed E-state index contributed by atoms with van der Waals surface area (Å²) >= 11 is 4.75. The van der Waals surface area contributed by atoms with E-state index in [2.05, 4.69) is 20.9 Å². The van der Waals surface area contributed by atoms with Gasteiger partial charge in [0.2, 0.25) is 0 Å². The summed E-state index contributed by atoms with van der Waals surface area (Å²) in [5, 5.41) is 0.640. The number of anilines is 1. The largest absolute Gasteiger partial charge is 0.443 e. The molecule has 17 heavy (non-hydrogen) atoms. The highest BCUT2D eigenvalue weighted by Crippen LogP contribution is 2.29. The summed E-state index contributed by atoms with van der Waals surface area (Å²) in [6, 6.07) is 0.00269. The highest BCUT2D eigenvalue weighted by Gasteiger charge is 2.27. The average molecular weight is 321 g/mol. The van der Waals surface area contributed by atoms with Crippen LogP contribution in [-0.4, -0.2) is 22.7 Å². The number of amides is 1. The number of ether oxygens (including phenoxy) is 1. The van der Waals surface area contributed by atoms with Crippen molar-refractivity contribution >= 4 is 38.5 Å². The van der Waals surface area contributed by atoms with E-state index in [0.29, 0.717) is 5.13 Å². The van der Waals surface area contributed by atoms with Gasteiger partial charge in [-0.1, -0.05) is 11.3 Å². The maximum Gasteiger partial charge on any atom is 0.416 e. The number of hydrogen-bond acceptors (Lipinski definition) is 4. The topological polar surface area (TPSA) is 42.4 Å². The summed E-state index contributed by atoms with van der Waals surface area (Å²) in [5.41, 5.74) is -0.501. The SMILES string of the molecule is CC(C)N(C(=O)OC(C)(C)C)c1ncc(Br)s1. The third-order valence-corrected chi connectivity index (χ3v) is 3.25. The Morgan fingerprint density at radius 1 is 1.53 bits per heavy atom. The first kappa shape index (κ1) is 14.4. The van der Waals surface area contributed by atoms with Crippen LogP contribution in [0, 0.1) is 0 Å². The van der Waals surface area contributed by atoms with Gasteiger partial charge in [0, 0.05) is 6.04 Å². The smallest absolute Gasteiger partial charge is 0.416 e. The summed E-state index contributed by atoms with van der Waals surface area (Å²) in [6.45, 7) is 9.40.